The van der Waals surface area contributed by atoms with Gasteiger partial charge in [-0.25, -0.2) is 0 Å². The van der Waals surface area contributed by atoms with E-state index in [0.717, 1.165) is 16.8 Å². The molecule has 3 N–H and O–H groups in total. The first-order chi connectivity index (χ1) is 7.20. The molecule has 1 unspecified atom stereocenters. The Morgan fingerprint density at radius 2 is 2.27 bits per heavy atom. The van der Waals surface area contributed by atoms with Gasteiger partial charge in [-0.15, -0.1) is 0 Å². The largest absolute Gasteiger partial charge is 0.271 e. The number of hydrogen-bond acceptors (Lipinski definition) is 2. The van der Waals surface area contributed by atoms with Crippen LogP contribution in [0.25, 0.3) is 0 Å². The van der Waals surface area contributed by atoms with Crippen LogP contribution in [0, 0.1) is 9.49 Å². The molecule has 0 radical (unpaired) electrons. The Balaban J connectivity index is 2.19. The van der Waals surface area contributed by atoms with Crippen molar-refractivity contribution in [3.8, 4) is 0 Å². The van der Waals surface area contributed by atoms with Crippen LogP contribution in [0.5, 0.6) is 0 Å². The van der Waals surface area contributed by atoms with Crippen molar-refractivity contribution in [2.75, 3.05) is 0 Å². The molecule has 1 aromatic carbocycles. The van der Waals surface area contributed by atoms with Crippen molar-refractivity contribution in [1.29, 1.82) is 0 Å². The zero-order valence-corrected chi connectivity index (χ0v) is 12.1. The third kappa shape index (κ3) is 3.15. The van der Waals surface area contributed by atoms with Gasteiger partial charge in [0.05, 0.1) is 0 Å². The van der Waals surface area contributed by atoms with Crippen LogP contribution in [-0.2, 0) is 0 Å². The maximum atomic E-state index is 5.63. The molecule has 1 aliphatic carbocycles. The number of hydrogen-bond donors (Lipinski definition) is 2. The fraction of sp³-hybridized carbons (Fsp3) is 0.455. The number of nitrogens with one attached hydrogen (secondary N) is 1. The molecular formula is C11H14BrIN2. The van der Waals surface area contributed by atoms with E-state index in [9.17, 15) is 0 Å². The van der Waals surface area contributed by atoms with Gasteiger partial charge in [0.1, 0.15) is 0 Å². The molecular weight excluding hydrogens is 367 g/mol. The Bertz CT molecular complexity index is 352. The van der Waals surface area contributed by atoms with Gasteiger partial charge in [0.2, 0.25) is 0 Å². The van der Waals surface area contributed by atoms with Crippen LogP contribution >= 0.6 is 38.5 Å². The lowest BCUT2D eigenvalue weighted by atomic mass is 10.0. The first kappa shape index (κ1) is 11.8. The van der Waals surface area contributed by atoms with Crippen LogP contribution in [0.4, 0.5) is 0 Å². The SMILES string of the molecule is NNC(CC1CC1)c1cc(I)ccc1Br. The number of halogens is 2. The molecule has 0 aromatic heterocycles. The van der Waals surface area contributed by atoms with E-state index in [4.69, 9.17) is 5.84 Å². The van der Waals surface area contributed by atoms with Gasteiger partial charge in [0.25, 0.3) is 0 Å². The summed E-state index contributed by atoms with van der Waals surface area (Å²) < 4.78 is 2.40. The standard InChI is InChI=1S/C11H14BrIN2/c12-10-4-3-8(13)6-9(10)11(15-14)5-7-1-2-7/h3-4,6-7,11,15H,1-2,5,14H2. The summed E-state index contributed by atoms with van der Waals surface area (Å²) in [5.74, 6) is 6.50. The molecule has 1 saturated carbocycles. The van der Waals surface area contributed by atoms with Gasteiger partial charge in [0.15, 0.2) is 0 Å². The van der Waals surface area contributed by atoms with E-state index in [0.29, 0.717) is 0 Å². The minimum absolute atomic E-state index is 0.279. The lowest BCUT2D eigenvalue weighted by Crippen LogP contribution is -2.28. The van der Waals surface area contributed by atoms with Crippen molar-refractivity contribution in [3.05, 3.63) is 31.8 Å². The van der Waals surface area contributed by atoms with E-state index < -0.39 is 0 Å². The monoisotopic (exact) mass is 380 g/mol. The highest BCUT2D eigenvalue weighted by atomic mass is 127. The normalized spacial score (nSPS) is 17.8. The van der Waals surface area contributed by atoms with Crippen LogP contribution in [0.2, 0.25) is 0 Å². The van der Waals surface area contributed by atoms with Crippen LogP contribution in [0.15, 0.2) is 22.7 Å². The van der Waals surface area contributed by atoms with Crippen LogP contribution < -0.4 is 11.3 Å². The van der Waals surface area contributed by atoms with Gasteiger partial charge in [0, 0.05) is 14.1 Å². The number of nitrogens with two attached hydrogens (primary N) is 1. The second kappa shape index (κ2) is 5.12. The van der Waals surface area contributed by atoms with Crippen LogP contribution in [-0.4, -0.2) is 0 Å². The smallest absolute Gasteiger partial charge is 0.0474 e. The average Bonchev–Trinajstić information content (AvgIpc) is 3.02. The Morgan fingerprint density at radius 1 is 1.53 bits per heavy atom. The predicted octanol–water partition coefficient (Wildman–Crippen LogP) is 3.36. The van der Waals surface area contributed by atoms with Crippen molar-refractivity contribution in [3.63, 3.8) is 0 Å². The lowest BCUT2D eigenvalue weighted by Gasteiger charge is -2.17. The topological polar surface area (TPSA) is 38.0 Å². The lowest BCUT2D eigenvalue weighted by molar-refractivity contribution is 0.485. The second-order valence-corrected chi connectivity index (χ2v) is 6.16. The number of hydrazine groups is 1. The molecule has 1 aliphatic rings. The summed E-state index contributed by atoms with van der Waals surface area (Å²) in [4.78, 5) is 0. The third-order valence-corrected chi connectivity index (χ3v) is 4.19. The van der Waals surface area contributed by atoms with Crippen molar-refractivity contribution in [1.82, 2.24) is 5.43 Å². The molecule has 2 rings (SSSR count). The van der Waals surface area contributed by atoms with Crippen LogP contribution in [0.1, 0.15) is 30.9 Å². The fourth-order valence-corrected chi connectivity index (χ4v) is 2.79. The molecule has 0 saturated heterocycles. The molecule has 0 amide bonds. The van der Waals surface area contributed by atoms with Gasteiger partial charge in [-0.1, -0.05) is 28.8 Å². The van der Waals surface area contributed by atoms with Crippen molar-refractivity contribution in [2.45, 2.75) is 25.3 Å². The quantitative estimate of drug-likeness (QED) is 0.477. The van der Waals surface area contributed by atoms with E-state index in [-0.39, 0.29) is 6.04 Å². The summed E-state index contributed by atoms with van der Waals surface area (Å²) in [5, 5.41) is 0. The van der Waals surface area contributed by atoms with Gasteiger partial charge >= 0.3 is 0 Å². The van der Waals surface area contributed by atoms with Gasteiger partial charge in [-0.05, 0) is 58.7 Å². The molecule has 2 nitrogen and oxygen atoms in total. The van der Waals surface area contributed by atoms with Gasteiger partial charge < -0.3 is 0 Å². The molecule has 15 heavy (non-hydrogen) atoms. The minimum atomic E-state index is 0.279. The summed E-state index contributed by atoms with van der Waals surface area (Å²) in [7, 11) is 0. The maximum Gasteiger partial charge on any atom is 0.0474 e. The zero-order valence-electron chi connectivity index (χ0n) is 8.34. The number of benzene rings is 1. The van der Waals surface area contributed by atoms with Crippen molar-refractivity contribution in [2.24, 2.45) is 11.8 Å². The summed E-state index contributed by atoms with van der Waals surface area (Å²) in [5.41, 5.74) is 4.20. The second-order valence-electron chi connectivity index (χ2n) is 4.06. The number of rotatable bonds is 4. The van der Waals surface area contributed by atoms with Gasteiger partial charge in [-0.3, -0.25) is 11.3 Å². The highest BCUT2D eigenvalue weighted by molar-refractivity contribution is 14.1. The van der Waals surface area contributed by atoms with E-state index in [1.54, 1.807) is 0 Å². The maximum absolute atomic E-state index is 5.63. The molecule has 4 heteroatoms. The van der Waals surface area contributed by atoms with E-state index >= 15 is 0 Å². The Hall–Kier alpha value is 0.350. The summed E-state index contributed by atoms with van der Waals surface area (Å²) in [6, 6.07) is 6.66. The first-order valence-corrected chi connectivity index (χ1v) is 6.99. The molecule has 0 spiro atoms. The average molecular weight is 381 g/mol. The molecule has 0 bridgehead atoms. The van der Waals surface area contributed by atoms with Crippen molar-refractivity contribution < 1.29 is 0 Å². The predicted molar refractivity (Wildman–Crippen MR) is 74.3 cm³/mol. The molecule has 1 fully saturated rings. The molecule has 82 valence electrons. The molecule has 1 atom stereocenters. The van der Waals surface area contributed by atoms with E-state index in [1.165, 1.54) is 22.0 Å². The Morgan fingerprint density at radius 3 is 2.87 bits per heavy atom. The third-order valence-electron chi connectivity index (χ3n) is 2.80. The highest BCUT2D eigenvalue weighted by Gasteiger charge is 2.26. The highest BCUT2D eigenvalue weighted by Crippen LogP contribution is 2.39. The summed E-state index contributed by atoms with van der Waals surface area (Å²) in [6.45, 7) is 0. The van der Waals surface area contributed by atoms with E-state index in [1.807, 2.05) is 0 Å². The van der Waals surface area contributed by atoms with E-state index in [2.05, 4.69) is 62.1 Å². The molecule has 0 heterocycles. The Kier molecular flexibility index (Phi) is 4.04. The van der Waals surface area contributed by atoms with Crippen molar-refractivity contribution >= 4 is 38.5 Å². The fourth-order valence-electron chi connectivity index (χ4n) is 1.75. The summed E-state index contributed by atoms with van der Waals surface area (Å²) >= 11 is 5.91. The van der Waals surface area contributed by atoms with Gasteiger partial charge in [-0.2, -0.15) is 0 Å². The molecule has 1 aromatic rings. The summed E-state index contributed by atoms with van der Waals surface area (Å²) in [6.07, 6.45) is 3.87. The van der Waals surface area contributed by atoms with Crippen LogP contribution in [0.3, 0.4) is 0 Å². The Labute approximate surface area is 112 Å². The zero-order chi connectivity index (χ0) is 10.8. The minimum Gasteiger partial charge on any atom is -0.271 e. The first-order valence-electron chi connectivity index (χ1n) is 5.12. The molecule has 0 aliphatic heterocycles.